The maximum absolute atomic E-state index is 13.0. The molecule has 0 aromatic heterocycles. The highest BCUT2D eigenvalue weighted by Crippen LogP contribution is 2.29. The van der Waals surface area contributed by atoms with Crippen molar-refractivity contribution in [2.45, 2.75) is 6.92 Å². The topological polar surface area (TPSA) is 35.2 Å². The molecule has 2 rings (SSSR count). The van der Waals surface area contributed by atoms with E-state index in [-0.39, 0.29) is 10.8 Å². The normalized spacial score (nSPS) is 10.3. The van der Waals surface area contributed by atoms with E-state index in [2.05, 4.69) is 0 Å². The molecule has 0 atom stereocenters. The zero-order chi connectivity index (χ0) is 14.0. The molecule has 2 aromatic rings. The van der Waals surface area contributed by atoms with E-state index in [9.17, 15) is 4.39 Å². The monoisotopic (exact) mass is 295 g/mol. The maximum Gasteiger partial charge on any atom is 0.130 e. The van der Waals surface area contributed by atoms with Crippen molar-refractivity contribution in [2.75, 3.05) is 0 Å². The molecule has 0 saturated heterocycles. The number of rotatable bonds is 3. The van der Waals surface area contributed by atoms with E-state index in [1.807, 2.05) is 0 Å². The van der Waals surface area contributed by atoms with Crippen LogP contribution in [-0.4, -0.2) is 4.99 Å². The number of nitrogens with two attached hydrogens (primary N) is 1. The number of hydrogen-bond acceptors (Lipinski definition) is 2. The molecule has 2 aromatic carbocycles. The predicted octanol–water partition coefficient (Wildman–Crippen LogP) is 4.21. The van der Waals surface area contributed by atoms with Crippen molar-refractivity contribution in [2.24, 2.45) is 5.73 Å². The lowest BCUT2D eigenvalue weighted by Gasteiger charge is -2.10. The maximum atomic E-state index is 13.0. The first-order valence-electron chi connectivity index (χ1n) is 5.51. The first-order valence-corrected chi connectivity index (χ1v) is 6.29. The molecular weight excluding hydrogens is 285 g/mol. The molecular formula is C14H11ClFNOS. The summed E-state index contributed by atoms with van der Waals surface area (Å²) >= 11 is 10.9. The fraction of sp³-hybridized carbons (Fsp3) is 0.0714. The summed E-state index contributed by atoms with van der Waals surface area (Å²) in [5.41, 5.74) is 6.82. The molecule has 0 radical (unpaired) electrons. The van der Waals surface area contributed by atoms with Crippen molar-refractivity contribution >= 4 is 28.8 Å². The highest BCUT2D eigenvalue weighted by molar-refractivity contribution is 7.80. The fourth-order valence-corrected chi connectivity index (χ4v) is 2.12. The molecule has 0 unspecified atom stereocenters. The third kappa shape index (κ3) is 3.22. The largest absolute Gasteiger partial charge is 0.457 e. The standard InChI is InChI=1S/C14H11ClFNOS/c1-8-6-9(16)2-5-13(8)18-10-3-4-11(14(17)19)12(15)7-10/h2-7H,1H3,(H2,17,19). The van der Waals surface area contributed by atoms with Gasteiger partial charge in [0, 0.05) is 11.6 Å². The second kappa shape index (κ2) is 5.55. The third-order valence-electron chi connectivity index (χ3n) is 2.57. The van der Waals surface area contributed by atoms with Gasteiger partial charge in [0.25, 0.3) is 0 Å². The Labute approximate surface area is 120 Å². The van der Waals surface area contributed by atoms with E-state index in [4.69, 9.17) is 34.3 Å². The summed E-state index contributed by atoms with van der Waals surface area (Å²) in [6.45, 7) is 1.77. The molecule has 2 nitrogen and oxygen atoms in total. The van der Waals surface area contributed by atoms with Gasteiger partial charge in [0.2, 0.25) is 0 Å². The van der Waals surface area contributed by atoms with Crippen LogP contribution in [0.25, 0.3) is 0 Å². The van der Waals surface area contributed by atoms with Crippen LogP contribution >= 0.6 is 23.8 Å². The first kappa shape index (κ1) is 13.8. The van der Waals surface area contributed by atoms with Crippen molar-refractivity contribution in [3.05, 3.63) is 58.4 Å². The molecule has 2 N–H and O–H groups in total. The van der Waals surface area contributed by atoms with E-state index in [1.54, 1.807) is 31.2 Å². The Morgan fingerprint density at radius 3 is 2.58 bits per heavy atom. The molecule has 0 fully saturated rings. The van der Waals surface area contributed by atoms with Gasteiger partial charge in [-0.05, 0) is 42.8 Å². The lowest BCUT2D eigenvalue weighted by Crippen LogP contribution is -2.09. The molecule has 0 amide bonds. The van der Waals surface area contributed by atoms with E-state index in [0.29, 0.717) is 27.6 Å². The Hall–Kier alpha value is -1.65. The van der Waals surface area contributed by atoms with E-state index in [1.165, 1.54) is 12.1 Å². The second-order valence-corrected chi connectivity index (χ2v) is 4.86. The molecule has 19 heavy (non-hydrogen) atoms. The van der Waals surface area contributed by atoms with Crippen LogP contribution in [-0.2, 0) is 0 Å². The fourth-order valence-electron chi connectivity index (χ4n) is 1.61. The smallest absolute Gasteiger partial charge is 0.130 e. The van der Waals surface area contributed by atoms with Gasteiger partial charge in [-0.2, -0.15) is 0 Å². The first-order chi connectivity index (χ1) is 8.97. The quantitative estimate of drug-likeness (QED) is 0.861. The van der Waals surface area contributed by atoms with Gasteiger partial charge in [-0.3, -0.25) is 0 Å². The number of halogens is 2. The summed E-state index contributed by atoms with van der Waals surface area (Å²) in [6.07, 6.45) is 0. The number of aryl methyl sites for hydroxylation is 1. The van der Waals surface area contributed by atoms with Crippen LogP contribution in [0.15, 0.2) is 36.4 Å². The van der Waals surface area contributed by atoms with Crippen molar-refractivity contribution in [1.82, 2.24) is 0 Å². The van der Waals surface area contributed by atoms with Gasteiger partial charge in [0.15, 0.2) is 0 Å². The van der Waals surface area contributed by atoms with Gasteiger partial charge in [-0.1, -0.05) is 23.8 Å². The molecule has 0 aliphatic heterocycles. The number of ether oxygens (including phenoxy) is 1. The lowest BCUT2D eigenvalue weighted by atomic mass is 10.2. The minimum atomic E-state index is -0.299. The Morgan fingerprint density at radius 1 is 1.26 bits per heavy atom. The van der Waals surface area contributed by atoms with Crippen molar-refractivity contribution in [3.8, 4) is 11.5 Å². The van der Waals surface area contributed by atoms with Crippen LogP contribution in [0.5, 0.6) is 11.5 Å². The van der Waals surface area contributed by atoms with Crippen LogP contribution in [0.1, 0.15) is 11.1 Å². The predicted molar refractivity (Wildman–Crippen MR) is 78.6 cm³/mol. The van der Waals surface area contributed by atoms with Crippen molar-refractivity contribution < 1.29 is 9.13 Å². The number of hydrogen-bond donors (Lipinski definition) is 1. The summed E-state index contributed by atoms with van der Waals surface area (Å²) in [7, 11) is 0. The minimum Gasteiger partial charge on any atom is -0.457 e. The number of benzene rings is 2. The van der Waals surface area contributed by atoms with Crippen LogP contribution in [0.4, 0.5) is 4.39 Å². The SMILES string of the molecule is Cc1cc(F)ccc1Oc1ccc(C(N)=S)c(Cl)c1. The second-order valence-electron chi connectivity index (χ2n) is 4.02. The lowest BCUT2D eigenvalue weighted by molar-refractivity contribution is 0.476. The molecule has 0 heterocycles. The average molecular weight is 296 g/mol. The summed E-state index contributed by atoms with van der Waals surface area (Å²) in [6, 6.07) is 9.34. The Morgan fingerprint density at radius 2 is 2.00 bits per heavy atom. The van der Waals surface area contributed by atoms with Crippen molar-refractivity contribution in [1.29, 1.82) is 0 Å². The van der Waals surface area contributed by atoms with Gasteiger partial charge in [-0.25, -0.2) is 4.39 Å². The summed E-state index contributed by atoms with van der Waals surface area (Å²) in [4.78, 5) is 0.231. The molecule has 0 aliphatic carbocycles. The molecule has 0 aliphatic rings. The van der Waals surface area contributed by atoms with Gasteiger partial charge >= 0.3 is 0 Å². The minimum absolute atomic E-state index is 0.231. The van der Waals surface area contributed by atoms with Crippen LogP contribution in [0.3, 0.4) is 0 Å². The zero-order valence-electron chi connectivity index (χ0n) is 10.1. The summed E-state index contributed by atoms with van der Waals surface area (Å²) in [5.74, 6) is 0.812. The van der Waals surface area contributed by atoms with Gasteiger partial charge in [0.05, 0.1) is 5.02 Å². The van der Waals surface area contributed by atoms with E-state index < -0.39 is 0 Å². The molecule has 98 valence electrons. The molecule has 0 bridgehead atoms. The van der Waals surface area contributed by atoms with Crippen LogP contribution < -0.4 is 10.5 Å². The van der Waals surface area contributed by atoms with Crippen molar-refractivity contribution in [3.63, 3.8) is 0 Å². The Balaban J connectivity index is 2.29. The van der Waals surface area contributed by atoms with E-state index >= 15 is 0 Å². The van der Waals surface area contributed by atoms with Gasteiger partial charge < -0.3 is 10.5 Å². The average Bonchev–Trinajstić information content (AvgIpc) is 2.32. The van der Waals surface area contributed by atoms with Crippen LogP contribution in [0.2, 0.25) is 5.02 Å². The van der Waals surface area contributed by atoms with Gasteiger partial charge in [0.1, 0.15) is 22.3 Å². The highest BCUT2D eigenvalue weighted by Gasteiger charge is 2.07. The molecule has 0 saturated carbocycles. The highest BCUT2D eigenvalue weighted by atomic mass is 35.5. The Bertz CT molecular complexity index is 645. The molecule has 5 heteroatoms. The zero-order valence-corrected chi connectivity index (χ0v) is 11.7. The van der Waals surface area contributed by atoms with E-state index in [0.717, 1.165) is 0 Å². The summed E-state index contributed by atoms with van der Waals surface area (Å²) < 4.78 is 18.6. The summed E-state index contributed by atoms with van der Waals surface area (Å²) in [5, 5.41) is 0.421. The number of thiocarbonyl (C=S) groups is 1. The Kier molecular flexibility index (Phi) is 4.02. The van der Waals surface area contributed by atoms with Gasteiger partial charge in [-0.15, -0.1) is 0 Å². The van der Waals surface area contributed by atoms with Crippen LogP contribution in [0, 0.1) is 12.7 Å². The third-order valence-corrected chi connectivity index (χ3v) is 3.10. The molecule has 0 spiro atoms.